The van der Waals surface area contributed by atoms with Gasteiger partial charge in [0.25, 0.3) is 0 Å². The number of benzene rings is 1. The summed E-state index contributed by atoms with van der Waals surface area (Å²) in [5.74, 6) is 0.449. The average molecular weight is 313 g/mol. The maximum absolute atomic E-state index is 12.0. The predicted octanol–water partition coefficient (Wildman–Crippen LogP) is 3.56. The van der Waals surface area contributed by atoms with E-state index in [1.165, 1.54) is 18.4 Å². The molecule has 1 aliphatic rings. The van der Waals surface area contributed by atoms with Crippen molar-refractivity contribution in [3.63, 3.8) is 0 Å². The molecule has 0 radical (unpaired) electrons. The van der Waals surface area contributed by atoms with Crippen molar-refractivity contribution in [2.24, 2.45) is 0 Å². The Labute approximate surface area is 136 Å². The molecule has 2 N–H and O–H groups in total. The molecule has 0 unspecified atom stereocenters. The maximum Gasteiger partial charge on any atom is 0.376 e. The highest BCUT2D eigenvalue weighted by molar-refractivity contribution is 5.95. The number of ether oxygens (including phenoxy) is 1. The van der Waals surface area contributed by atoms with E-state index < -0.39 is 5.97 Å². The van der Waals surface area contributed by atoms with E-state index in [2.05, 4.69) is 42.9 Å². The van der Waals surface area contributed by atoms with Crippen LogP contribution in [0, 0.1) is 0 Å². The summed E-state index contributed by atoms with van der Waals surface area (Å²) in [5.41, 5.74) is 9.17. The van der Waals surface area contributed by atoms with Gasteiger partial charge >= 0.3 is 5.97 Å². The molecule has 1 aromatic carbocycles. The lowest BCUT2D eigenvalue weighted by Gasteiger charge is -2.22. The van der Waals surface area contributed by atoms with E-state index in [1.807, 2.05) is 0 Å². The number of fused-ring (bicyclic) bond motifs is 1. The zero-order chi connectivity index (χ0) is 16.8. The zero-order valence-electron chi connectivity index (χ0n) is 14.1. The first-order chi connectivity index (χ1) is 10.8. The molecule has 0 saturated heterocycles. The van der Waals surface area contributed by atoms with Crippen molar-refractivity contribution in [2.75, 3.05) is 12.3 Å². The van der Waals surface area contributed by atoms with Crippen LogP contribution < -0.4 is 5.73 Å². The average Bonchev–Trinajstić information content (AvgIpc) is 3.30. The fourth-order valence-electron chi connectivity index (χ4n) is 2.79. The summed E-state index contributed by atoms with van der Waals surface area (Å²) in [6, 6.07) is 4.29. The molecule has 3 rings (SSSR count). The lowest BCUT2D eigenvalue weighted by atomic mass is 9.84. The van der Waals surface area contributed by atoms with Crippen LogP contribution in [0.1, 0.15) is 68.2 Å². The van der Waals surface area contributed by atoms with E-state index in [4.69, 9.17) is 10.5 Å². The van der Waals surface area contributed by atoms with Gasteiger partial charge in [0.05, 0.1) is 12.1 Å². The van der Waals surface area contributed by atoms with Gasteiger partial charge in [-0.2, -0.15) is 0 Å². The number of aromatic nitrogens is 2. The van der Waals surface area contributed by atoms with Gasteiger partial charge in [0.1, 0.15) is 5.82 Å². The van der Waals surface area contributed by atoms with Crippen molar-refractivity contribution in [1.82, 2.24) is 9.97 Å². The number of hydrogen-bond donors (Lipinski definition) is 1. The molecule has 122 valence electrons. The highest BCUT2D eigenvalue weighted by Gasteiger charge is 2.28. The molecule has 5 heteroatoms. The fourth-order valence-corrected chi connectivity index (χ4v) is 2.79. The Bertz CT molecular complexity index is 774. The minimum Gasteiger partial charge on any atom is -0.460 e. The molecular formula is C18H23N3O2. The smallest absolute Gasteiger partial charge is 0.376 e. The molecule has 0 atom stereocenters. The van der Waals surface area contributed by atoms with Gasteiger partial charge in [0.15, 0.2) is 0 Å². The minimum absolute atomic E-state index is 0.0292. The lowest BCUT2D eigenvalue weighted by molar-refractivity contribution is 0.0512. The van der Waals surface area contributed by atoms with Crippen LogP contribution in [0.25, 0.3) is 10.9 Å². The van der Waals surface area contributed by atoms with Gasteiger partial charge in [0.2, 0.25) is 5.82 Å². The fraction of sp³-hybridized carbons (Fsp3) is 0.500. The summed E-state index contributed by atoms with van der Waals surface area (Å²) in [4.78, 5) is 20.6. The Morgan fingerprint density at radius 3 is 2.57 bits per heavy atom. The van der Waals surface area contributed by atoms with Gasteiger partial charge in [-0.1, -0.05) is 26.8 Å². The van der Waals surface area contributed by atoms with Gasteiger partial charge in [-0.15, -0.1) is 0 Å². The van der Waals surface area contributed by atoms with Gasteiger partial charge in [-0.25, -0.2) is 14.8 Å². The Morgan fingerprint density at radius 2 is 2.00 bits per heavy atom. The molecule has 1 aliphatic carbocycles. The Morgan fingerprint density at radius 1 is 1.30 bits per heavy atom. The van der Waals surface area contributed by atoms with Crippen molar-refractivity contribution in [2.45, 2.75) is 51.9 Å². The van der Waals surface area contributed by atoms with E-state index in [1.54, 1.807) is 6.92 Å². The third kappa shape index (κ3) is 3.00. The molecule has 2 aromatic rings. The van der Waals surface area contributed by atoms with Crippen molar-refractivity contribution in [1.29, 1.82) is 0 Å². The first-order valence-electron chi connectivity index (χ1n) is 8.10. The normalized spacial score (nSPS) is 15.0. The quantitative estimate of drug-likeness (QED) is 0.877. The first-order valence-corrected chi connectivity index (χ1v) is 8.10. The largest absolute Gasteiger partial charge is 0.460 e. The number of carbonyl (C=O) groups excluding carboxylic acids is 1. The summed E-state index contributed by atoms with van der Waals surface area (Å²) in [7, 11) is 0. The van der Waals surface area contributed by atoms with Crippen LogP contribution in [0.3, 0.4) is 0 Å². The molecule has 0 amide bonds. The monoisotopic (exact) mass is 313 g/mol. The Kier molecular flexibility index (Phi) is 3.74. The molecule has 5 nitrogen and oxygen atoms in total. The van der Waals surface area contributed by atoms with Gasteiger partial charge in [-0.05, 0) is 48.3 Å². The number of hydrogen-bond acceptors (Lipinski definition) is 5. The second kappa shape index (κ2) is 5.48. The molecule has 0 spiro atoms. The van der Waals surface area contributed by atoms with Gasteiger partial charge < -0.3 is 10.5 Å². The topological polar surface area (TPSA) is 78.1 Å². The maximum atomic E-state index is 12.0. The van der Waals surface area contributed by atoms with Crippen molar-refractivity contribution >= 4 is 22.7 Å². The molecule has 1 heterocycles. The lowest BCUT2D eigenvalue weighted by Crippen LogP contribution is -2.16. The molecule has 1 aromatic heterocycles. The number of nitrogens with zero attached hydrogens (tertiary/aromatic N) is 2. The highest BCUT2D eigenvalue weighted by atomic mass is 16.5. The van der Waals surface area contributed by atoms with Gasteiger partial charge in [-0.3, -0.25) is 0 Å². The van der Waals surface area contributed by atoms with Crippen molar-refractivity contribution in [3.8, 4) is 0 Å². The number of anilines is 1. The number of rotatable bonds is 3. The number of esters is 1. The molecular weight excluding hydrogens is 290 g/mol. The zero-order valence-corrected chi connectivity index (χ0v) is 14.1. The molecule has 1 saturated carbocycles. The van der Waals surface area contributed by atoms with Crippen LogP contribution in [0.5, 0.6) is 0 Å². The molecule has 23 heavy (non-hydrogen) atoms. The molecule has 1 fully saturated rings. The highest BCUT2D eigenvalue weighted by Crippen LogP contribution is 2.43. The van der Waals surface area contributed by atoms with E-state index in [0.717, 1.165) is 16.5 Å². The summed E-state index contributed by atoms with van der Waals surface area (Å²) in [5, 5.41) is 0.826. The van der Waals surface area contributed by atoms with Crippen LogP contribution in [0.4, 0.5) is 5.82 Å². The number of nitrogens with two attached hydrogens (primary N) is 1. The van der Waals surface area contributed by atoms with Crippen molar-refractivity contribution < 1.29 is 9.53 Å². The second-order valence-electron chi connectivity index (χ2n) is 7.14. The summed E-state index contributed by atoms with van der Waals surface area (Å²) in [6.07, 6.45) is 2.44. The number of carbonyl (C=O) groups is 1. The standard InChI is InChI=1S/C18H23N3O2/c1-5-23-17(22)16-20-14-12(15(19)21-16)8-11(10-6-7-10)9-13(14)18(2,3)4/h8-10H,5-7H2,1-4H3,(H2,19,20,21). The summed E-state index contributed by atoms with van der Waals surface area (Å²) >= 11 is 0. The van der Waals surface area contributed by atoms with E-state index in [-0.39, 0.29) is 17.8 Å². The predicted molar refractivity (Wildman–Crippen MR) is 90.6 cm³/mol. The van der Waals surface area contributed by atoms with Crippen LogP contribution in [0.2, 0.25) is 0 Å². The third-order valence-electron chi connectivity index (χ3n) is 4.17. The molecule has 0 bridgehead atoms. The second-order valence-corrected chi connectivity index (χ2v) is 7.14. The van der Waals surface area contributed by atoms with Crippen LogP contribution in [-0.4, -0.2) is 22.5 Å². The van der Waals surface area contributed by atoms with Crippen molar-refractivity contribution in [3.05, 3.63) is 29.1 Å². The number of nitrogen functional groups attached to an aromatic ring is 1. The summed E-state index contributed by atoms with van der Waals surface area (Å²) < 4.78 is 5.01. The van der Waals surface area contributed by atoms with Crippen LogP contribution in [-0.2, 0) is 10.2 Å². The molecule has 0 aliphatic heterocycles. The van der Waals surface area contributed by atoms with Gasteiger partial charge in [0, 0.05) is 5.39 Å². The minimum atomic E-state index is -0.535. The van der Waals surface area contributed by atoms with Crippen LogP contribution in [0.15, 0.2) is 12.1 Å². The van der Waals surface area contributed by atoms with E-state index in [0.29, 0.717) is 11.7 Å². The van der Waals surface area contributed by atoms with E-state index >= 15 is 0 Å². The Hall–Kier alpha value is -2.17. The SMILES string of the molecule is CCOC(=O)c1nc(N)c2cc(C3CC3)cc(C(C)(C)C)c2n1. The van der Waals surface area contributed by atoms with Crippen LogP contribution >= 0.6 is 0 Å². The Balaban J connectivity index is 2.25. The first kappa shape index (κ1) is 15.7. The van der Waals surface area contributed by atoms with E-state index in [9.17, 15) is 4.79 Å². The summed E-state index contributed by atoms with van der Waals surface area (Å²) in [6.45, 7) is 8.46. The third-order valence-corrected chi connectivity index (χ3v) is 4.17.